The summed E-state index contributed by atoms with van der Waals surface area (Å²) in [5, 5.41) is 11.5. The van der Waals surface area contributed by atoms with Crippen LogP contribution in [0.1, 0.15) is 37.8 Å². The molecular weight excluding hydrogens is 298 g/mol. The van der Waals surface area contributed by atoms with E-state index < -0.39 is 11.5 Å². The summed E-state index contributed by atoms with van der Waals surface area (Å²) in [4.78, 5) is 12.8. The van der Waals surface area contributed by atoms with E-state index in [0.717, 1.165) is 11.1 Å². The van der Waals surface area contributed by atoms with Crippen LogP contribution in [0.15, 0.2) is 66.7 Å². The summed E-state index contributed by atoms with van der Waals surface area (Å²) >= 11 is 0. The maximum atomic E-state index is 12.8. The van der Waals surface area contributed by atoms with E-state index in [2.05, 4.69) is 0 Å². The third kappa shape index (κ3) is 5.15. The highest BCUT2D eigenvalue weighted by Crippen LogP contribution is 2.22. The molecule has 0 unspecified atom stereocenters. The maximum Gasteiger partial charge on any atom is 0.164 e. The second kappa shape index (κ2) is 8.04. The molecule has 3 nitrogen and oxygen atoms in total. The molecular formula is C21H25NO2. The first-order valence-electron chi connectivity index (χ1n) is 8.16. The molecule has 2 aromatic rings. The Morgan fingerprint density at radius 2 is 1.58 bits per heavy atom. The Kier molecular flexibility index (Phi) is 6.07. The predicted molar refractivity (Wildman–Crippen MR) is 97.9 cm³/mol. The van der Waals surface area contributed by atoms with E-state index in [1.54, 1.807) is 6.08 Å². The molecule has 1 N–H and O–H groups in total. The van der Waals surface area contributed by atoms with Crippen molar-refractivity contribution in [3.63, 3.8) is 0 Å². The summed E-state index contributed by atoms with van der Waals surface area (Å²) in [6, 6.07) is 19.3. The minimum Gasteiger partial charge on any atom is -0.313 e. The lowest BCUT2D eigenvalue weighted by atomic mass is 9.92. The van der Waals surface area contributed by atoms with Gasteiger partial charge in [0, 0.05) is 12.1 Å². The molecule has 0 fully saturated rings. The maximum absolute atomic E-state index is 12.8. The first kappa shape index (κ1) is 18.1. The van der Waals surface area contributed by atoms with Gasteiger partial charge in [-0.15, -0.1) is 0 Å². The fourth-order valence-corrected chi connectivity index (χ4v) is 2.35. The van der Waals surface area contributed by atoms with Crippen molar-refractivity contribution in [3.8, 4) is 0 Å². The first-order chi connectivity index (χ1) is 11.4. The molecule has 0 amide bonds. The van der Waals surface area contributed by atoms with Crippen LogP contribution in [-0.2, 0) is 4.79 Å². The van der Waals surface area contributed by atoms with Crippen LogP contribution in [0.5, 0.6) is 0 Å². The average molecular weight is 323 g/mol. The van der Waals surface area contributed by atoms with Crippen molar-refractivity contribution in [2.75, 3.05) is 6.54 Å². The van der Waals surface area contributed by atoms with Crippen molar-refractivity contribution in [2.24, 2.45) is 0 Å². The summed E-state index contributed by atoms with van der Waals surface area (Å²) in [5.74, 6) is -0.427. The van der Waals surface area contributed by atoms with Crippen molar-refractivity contribution in [1.29, 1.82) is 0 Å². The lowest BCUT2D eigenvalue weighted by Crippen LogP contribution is -2.42. The number of carbonyl (C=O) groups excluding carboxylic acids is 1. The Morgan fingerprint density at radius 1 is 1.04 bits per heavy atom. The average Bonchev–Trinajstić information content (AvgIpc) is 2.58. The molecule has 0 saturated carbocycles. The van der Waals surface area contributed by atoms with Gasteiger partial charge in [-0.25, -0.2) is 0 Å². The number of benzene rings is 2. The van der Waals surface area contributed by atoms with Crippen LogP contribution in [0.3, 0.4) is 0 Å². The summed E-state index contributed by atoms with van der Waals surface area (Å²) in [6.07, 6.45) is 3.42. The third-order valence-corrected chi connectivity index (χ3v) is 3.91. The normalized spacial score (nSPS) is 13.4. The SMILES string of the molecule is CC(C)(C)N(O)C[C@H](C(=O)/C=C/c1ccccc1)c1ccccc1. The molecule has 126 valence electrons. The minimum absolute atomic E-state index is 0.0200. The Bertz CT molecular complexity index is 672. The van der Waals surface area contributed by atoms with E-state index in [1.165, 1.54) is 5.06 Å². The topological polar surface area (TPSA) is 40.5 Å². The van der Waals surface area contributed by atoms with Gasteiger partial charge in [-0.2, -0.15) is 5.06 Å². The van der Waals surface area contributed by atoms with E-state index in [0.29, 0.717) is 0 Å². The van der Waals surface area contributed by atoms with Crippen molar-refractivity contribution >= 4 is 11.9 Å². The molecule has 0 radical (unpaired) electrons. The fourth-order valence-electron chi connectivity index (χ4n) is 2.35. The van der Waals surface area contributed by atoms with Gasteiger partial charge in [0.25, 0.3) is 0 Å². The smallest absolute Gasteiger partial charge is 0.164 e. The van der Waals surface area contributed by atoms with Crippen LogP contribution in [0.25, 0.3) is 6.08 Å². The summed E-state index contributed by atoms with van der Waals surface area (Å²) in [5.41, 5.74) is 1.47. The highest BCUT2D eigenvalue weighted by Gasteiger charge is 2.27. The van der Waals surface area contributed by atoms with Crippen molar-refractivity contribution in [1.82, 2.24) is 5.06 Å². The van der Waals surface area contributed by atoms with Gasteiger partial charge in [0.1, 0.15) is 0 Å². The first-order valence-corrected chi connectivity index (χ1v) is 8.16. The van der Waals surface area contributed by atoms with Crippen LogP contribution in [0, 0.1) is 0 Å². The molecule has 2 aromatic carbocycles. The van der Waals surface area contributed by atoms with Crippen molar-refractivity contribution in [3.05, 3.63) is 77.9 Å². The highest BCUT2D eigenvalue weighted by molar-refractivity contribution is 5.98. The number of hydroxylamine groups is 2. The molecule has 0 bridgehead atoms. The summed E-state index contributed by atoms with van der Waals surface area (Å²) < 4.78 is 0. The Morgan fingerprint density at radius 3 is 2.12 bits per heavy atom. The second-order valence-electron chi connectivity index (χ2n) is 6.86. The number of ketones is 1. The molecule has 3 heteroatoms. The predicted octanol–water partition coefficient (Wildman–Crippen LogP) is 4.54. The number of hydrogen-bond acceptors (Lipinski definition) is 3. The zero-order chi connectivity index (χ0) is 17.6. The van der Waals surface area contributed by atoms with E-state index >= 15 is 0 Å². The van der Waals surface area contributed by atoms with E-state index in [-0.39, 0.29) is 12.3 Å². The Labute approximate surface area is 144 Å². The van der Waals surface area contributed by atoms with Crippen molar-refractivity contribution < 1.29 is 10.0 Å². The van der Waals surface area contributed by atoms with E-state index in [4.69, 9.17) is 0 Å². The lowest BCUT2D eigenvalue weighted by Gasteiger charge is -2.32. The van der Waals surface area contributed by atoms with Gasteiger partial charge in [0.2, 0.25) is 0 Å². The van der Waals surface area contributed by atoms with Gasteiger partial charge in [-0.05, 0) is 38.0 Å². The zero-order valence-electron chi connectivity index (χ0n) is 14.5. The van der Waals surface area contributed by atoms with Gasteiger partial charge >= 0.3 is 0 Å². The molecule has 1 atom stereocenters. The van der Waals surface area contributed by atoms with Crippen LogP contribution >= 0.6 is 0 Å². The lowest BCUT2D eigenvalue weighted by molar-refractivity contribution is -0.161. The number of carbonyl (C=O) groups is 1. The molecule has 0 aliphatic rings. The van der Waals surface area contributed by atoms with E-state index in [9.17, 15) is 10.0 Å². The van der Waals surface area contributed by atoms with Crippen molar-refractivity contribution in [2.45, 2.75) is 32.2 Å². The van der Waals surface area contributed by atoms with Gasteiger partial charge in [0.05, 0.1) is 5.92 Å². The summed E-state index contributed by atoms with van der Waals surface area (Å²) in [7, 11) is 0. The van der Waals surface area contributed by atoms with Gasteiger partial charge < -0.3 is 5.21 Å². The fraction of sp³-hybridized carbons (Fsp3) is 0.286. The van der Waals surface area contributed by atoms with Gasteiger partial charge in [-0.3, -0.25) is 4.79 Å². The van der Waals surface area contributed by atoms with Crippen LogP contribution in [0.4, 0.5) is 0 Å². The Hall–Kier alpha value is -2.23. The molecule has 0 saturated heterocycles. The van der Waals surface area contributed by atoms with Gasteiger partial charge in [0.15, 0.2) is 5.78 Å². The number of rotatable bonds is 6. The zero-order valence-corrected chi connectivity index (χ0v) is 14.5. The molecule has 2 rings (SSSR count). The highest BCUT2D eigenvalue weighted by atomic mass is 16.5. The molecule has 0 heterocycles. The number of allylic oxidation sites excluding steroid dienone is 1. The number of nitrogens with zero attached hydrogens (tertiary/aromatic N) is 1. The molecule has 0 aliphatic carbocycles. The third-order valence-electron chi connectivity index (χ3n) is 3.91. The van der Waals surface area contributed by atoms with Crippen LogP contribution in [0.2, 0.25) is 0 Å². The molecule has 0 aliphatic heterocycles. The van der Waals surface area contributed by atoms with E-state index in [1.807, 2.05) is 87.5 Å². The molecule has 24 heavy (non-hydrogen) atoms. The standard InChI is InChI=1S/C21H25NO2/c1-21(2,3)22(24)16-19(18-12-8-5-9-13-18)20(23)15-14-17-10-6-4-7-11-17/h4-15,19,24H,16H2,1-3H3/b15-14+/t19-/m0/s1. The molecule has 0 spiro atoms. The quantitative estimate of drug-likeness (QED) is 0.626. The minimum atomic E-state index is -0.420. The van der Waals surface area contributed by atoms with Crippen LogP contribution < -0.4 is 0 Å². The molecule has 0 aromatic heterocycles. The van der Waals surface area contributed by atoms with Gasteiger partial charge in [-0.1, -0.05) is 66.7 Å². The summed E-state index contributed by atoms with van der Waals surface area (Å²) in [6.45, 7) is 6.00. The number of hydrogen-bond donors (Lipinski definition) is 1. The second-order valence-corrected chi connectivity index (χ2v) is 6.86. The Balaban J connectivity index is 2.22. The largest absolute Gasteiger partial charge is 0.313 e. The monoisotopic (exact) mass is 323 g/mol. The van der Waals surface area contributed by atoms with Crippen LogP contribution in [-0.4, -0.2) is 28.1 Å².